The Hall–Kier alpha value is -3.94. The van der Waals surface area contributed by atoms with Gasteiger partial charge < -0.3 is 10.1 Å². The van der Waals surface area contributed by atoms with Crippen LogP contribution >= 0.6 is 22.6 Å². The third-order valence-corrected chi connectivity index (χ3v) is 7.77. The lowest BCUT2D eigenvalue weighted by molar-refractivity contribution is 0.181. The first-order valence-corrected chi connectivity index (χ1v) is 13.4. The standard InChI is InChI=1S/C27H23FIN5O5/c1-14-22-21(23(31(2)24(14)35)30-20-9-6-15(29)12-19(20)28)25(36)34(16-7-8-16)26(37)33(22)18-5-3-4-17(13-18)32-10-11-39-27(32)38/h3-6,9,12-13,16,30H,7-8,10-11H2,1-2H3. The van der Waals surface area contributed by atoms with Gasteiger partial charge in [0.2, 0.25) is 0 Å². The topological polar surface area (TPSA) is 108 Å². The molecule has 1 saturated carbocycles. The molecule has 2 fully saturated rings. The molecule has 2 aromatic carbocycles. The molecule has 1 amide bonds. The number of aryl methyl sites for hydroxylation is 1. The van der Waals surface area contributed by atoms with Crippen molar-refractivity contribution in [1.82, 2.24) is 13.7 Å². The van der Waals surface area contributed by atoms with Crippen LogP contribution in [0.25, 0.3) is 16.6 Å². The molecule has 12 heteroatoms. The second kappa shape index (κ2) is 9.36. The number of pyridine rings is 1. The number of fused-ring (bicyclic) bond motifs is 1. The molecule has 2 aliphatic rings. The molecule has 0 spiro atoms. The van der Waals surface area contributed by atoms with Gasteiger partial charge in [0.1, 0.15) is 23.6 Å². The predicted octanol–water partition coefficient (Wildman–Crippen LogP) is 3.94. The molecule has 6 rings (SSSR count). The lowest BCUT2D eigenvalue weighted by Gasteiger charge is -2.21. The zero-order valence-corrected chi connectivity index (χ0v) is 23.2. The second-order valence-corrected chi connectivity index (χ2v) is 10.9. The highest BCUT2D eigenvalue weighted by atomic mass is 127. The highest BCUT2D eigenvalue weighted by Gasteiger charge is 2.32. The average molecular weight is 643 g/mol. The highest BCUT2D eigenvalue weighted by Crippen LogP contribution is 2.34. The van der Waals surface area contributed by atoms with Gasteiger partial charge in [0.15, 0.2) is 0 Å². The molecule has 0 unspecified atom stereocenters. The van der Waals surface area contributed by atoms with Crippen LogP contribution in [-0.4, -0.2) is 32.9 Å². The predicted molar refractivity (Wildman–Crippen MR) is 153 cm³/mol. The summed E-state index contributed by atoms with van der Waals surface area (Å²) >= 11 is 1.99. The summed E-state index contributed by atoms with van der Waals surface area (Å²) in [5, 5.41) is 3.04. The number of hydrogen-bond donors (Lipinski definition) is 1. The minimum atomic E-state index is -0.584. The van der Waals surface area contributed by atoms with Gasteiger partial charge in [-0.1, -0.05) is 6.07 Å². The van der Waals surface area contributed by atoms with E-state index in [9.17, 15) is 23.6 Å². The lowest BCUT2D eigenvalue weighted by atomic mass is 10.1. The van der Waals surface area contributed by atoms with Crippen LogP contribution in [0, 0.1) is 16.3 Å². The van der Waals surface area contributed by atoms with E-state index in [0.717, 1.165) is 0 Å². The van der Waals surface area contributed by atoms with Gasteiger partial charge in [-0.3, -0.25) is 28.2 Å². The van der Waals surface area contributed by atoms with Crippen LogP contribution in [0.2, 0.25) is 0 Å². The molecule has 39 heavy (non-hydrogen) atoms. The van der Waals surface area contributed by atoms with E-state index in [4.69, 9.17) is 4.74 Å². The summed E-state index contributed by atoms with van der Waals surface area (Å²) < 4.78 is 24.4. The van der Waals surface area contributed by atoms with Crippen molar-refractivity contribution < 1.29 is 13.9 Å². The SMILES string of the molecule is Cc1c(=O)n(C)c(Nc2ccc(I)cc2F)c2c(=O)n(C3CC3)c(=O)n(-c3cccc(N4CCOC4=O)c3)c12. The molecule has 0 atom stereocenters. The van der Waals surface area contributed by atoms with Gasteiger partial charge in [0.25, 0.3) is 11.1 Å². The van der Waals surface area contributed by atoms with Gasteiger partial charge in [-0.2, -0.15) is 0 Å². The fraction of sp³-hybridized carbons (Fsp3) is 0.259. The van der Waals surface area contributed by atoms with Crippen molar-refractivity contribution in [2.75, 3.05) is 23.4 Å². The van der Waals surface area contributed by atoms with Crippen molar-refractivity contribution in [3.8, 4) is 5.69 Å². The molecule has 0 radical (unpaired) electrons. The molecule has 1 aliphatic heterocycles. The normalized spacial score (nSPS) is 15.2. The van der Waals surface area contributed by atoms with Gasteiger partial charge in [-0.25, -0.2) is 14.0 Å². The summed E-state index contributed by atoms with van der Waals surface area (Å²) in [5.74, 6) is -0.475. The van der Waals surface area contributed by atoms with Crippen LogP contribution in [0.4, 0.5) is 26.4 Å². The van der Waals surface area contributed by atoms with Gasteiger partial charge in [0, 0.05) is 27.9 Å². The fourth-order valence-corrected chi connectivity index (χ4v) is 5.45. The zero-order valence-electron chi connectivity index (χ0n) is 21.0. The maximum Gasteiger partial charge on any atom is 0.414 e. The summed E-state index contributed by atoms with van der Waals surface area (Å²) in [6, 6.07) is 11.0. The van der Waals surface area contributed by atoms with Gasteiger partial charge in [-0.15, -0.1) is 0 Å². The van der Waals surface area contributed by atoms with Crippen molar-refractivity contribution in [3.63, 3.8) is 0 Å². The number of amides is 1. The van der Waals surface area contributed by atoms with Crippen LogP contribution < -0.4 is 27.0 Å². The van der Waals surface area contributed by atoms with E-state index in [1.165, 1.54) is 37.8 Å². The van der Waals surface area contributed by atoms with E-state index >= 15 is 0 Å². The first kappa shape index (κ1) is 25.3. The van der Waals surface area contributed by atoms with Crippen LogP contribution in [-0.2, 0) is 11.8 Å². The van der Waals surface area contributed by atoms with Crippen LogP contribution in [0.1, 0.15) is 24.4 Å². The molecule has 200 valence electrons. The van der Waals surface area contributed by atoms with E-state index in [0.29, 0.717) is 34.3 Å². The Morgan fingerprint density at radius 2 is 1.77 bits per heavy atom. The highest BCUT2D eigenvalue weighted by molar-refractivity contribution is 14.1. The van der Waals surface area contributed by atoms with Crippen molar-refractivity contribution in [1.29, 1.82) is 0 Å². The number of anilines is 3. The number of hydrogen-bond acceptors (Lipinski definition) is 6. The third-order valence-electron chi connectivity index (χ3n) is 7.10. The Balaban J connectivity index is 1.69. The van der Waals surface area contributed by atoms with E-state index in [1.807, 2.05) is 22.6 Å². The smallest absolute Gasteiger partial charge is 0.414 e. The molecular weight excluding hydrogens is 620 g/mol. The largest absolute Gasteiger partial charge is 0.447 e. The van der Waals surface area contributed by atoms with E-state index in [-0.39, 0.29) is 40.6 Å². The maximum absolute atomic E-state index is 14.9. The monoisotopic (exact) mass is 643 g/mol. The zero-order chi connectivity index (χ0) is 27.6. The van der Waals surface area contributed by atoms with Crippen molar-refractivity contribution in [3.05, 3.63) is 88.6 Å². The number of rotatable bonds is 5. The number of nitrogens with zero attached hydrogens (tertiary/aromatic N) is 4. The van der Waals surface area contributed by atoms with Gasteiger partial charge in [0.05, 0.1) is 23.4 Å². The average Bonchev–Trinajstić information content (AvgIpc) is 3.65. The number of carbonyl (C=O) groups excluding carboxylic acids is 1. The minimum absolute atomic E-state index is 0.0770. The van der Waals surface area contributed by atoms with Gasteiger partial charge in [-0.05, 0) is 78.8 Å². The summed E-state index contributed by atoms with van der Waals surface area (Å²) in [5.41, 5.74) is -0.311. The third kappa shape index (κ3) is 4.13. The van der Waals surface area contributed by atoms with E-state index < -0.39 is 28.7 Å². The van der Waals surface area contributed by atoms with Crippen LogP contribution in [0.3, 0.4) is 0 Å². The molecule has 1 aliphatic carbocycles. The number of ether oxygens (including phenoxy) is 1. The number of aromatic nitrogens is 3. The van der Waals surface area contributed by atoms with E-state index in [2.05, 4.69) is 5.32 Å². The second-order valence-electron chi connectivity index (χ2n) is 9.62. The maximum atomic E-state index is 14.9. The number of benzene rings is 2. The molecule has 4 aromatic rings. The van der Waals surface area contributed by atoms with Crippen molar-refractivity contribution in [2.45, 2.75) is 25.8 Å². The molecule has 10 nitrogen and oxygen atoms in total. The summed E-state index contributed by atoms with van der Waals surface area (Å²) in [6.07, 6.45) is 0.836. The quantitative estimate of drug-likeness (QED) is 0.331. The Bertz CT molecular complexity index is 1870. The molecule has 2 aromatic heterocycles. The van der Waals surface area contributed by atoms with Crippen molar-refractivity contribution >= 4 is 56.8 Å². The summed E-state index contributed by atoms with van der Waals surface area (Å²) in [4.78, 5) is 54.9. The number of halogens is 2. The van der Waals surface area contributed by atoms with Crippen LogP contribution in [0.15, 0.2) is 56.8 Å². The van der Waals surface area contributed by atoms with Gasteiger partial charge >= 0.3 is 11.8 Å². The lowest BCUT2D eigenvalue weighted by Crippen LogP contribution is -2.41. The molecule has 3 heterocycles. The summed E-state index contributed by atoms with van der Waals surface area (Å²) in [7, 11) is 1.50. The molecular formula is C27H23FIN5O5. The minimum Gasteiger partial charge on any atom is -0.447 e. The number of cyclic esters (lactones) is 1. The molecule has 1 saturated heterocycles. The fourth-order valence-electron chi connectivity index (χ4n) is 5.00. The Labute approximate surface area is 234 Å². The first-order valence-electron chi connectivity index (χ1n) is 12.3. The van der Waals surface area contributed by atoms with Crippen LogP contribution in [0.5, 0.6) is 0 Å². The molecule has 0 bridgehead atoms. The molecule has 1 N–H and O–H groups in total. The number of nitrogens with one attached hydrogen (secondary N) is 1. The van der Waals surface area contributed by atoms with E-state index in [1.54, 1.807) is 37.3 Å². The Morgan fingerprint density at radius 3 is 2.44 bits per heavy atom. The van der Waals surface area contributed by atoms with Crippen molar-refractivity contribution in [2.24, 2.45) is 7.05 Å². The number of carbonyl (C=O) groups is 1. The summed E-state index contributed by atoms with van der Waals surface area (Å²) in [6.45, 7) is 2.16. The Morgan fingerprint density at radius 1 is 1.03 bits per heavy atom. The first-order chi connectivity index (χ1) is 18.7. The Kier molecular flexibility index (Phi) is 6.08.